The van der Waals surface area contributed by atoms with Crippen LogP contribution in [0.1, 0.15) is 49.8 Å². The number of carbonyl (C=O) groups excluding carboxylic acids is 2. The second-order valence-corrected chi connectivity index (χ2v) is 9.76. The van der Waals surface area contributed by atoms with Crippen molar-refractivity contribution >= 4 is 12.0 Å². The summed E-state index contributed by atoms with van der Waals surface area (Å²) in [6.07, 6.45) is 9.78. The molecule has 1 aromatic heterocycles. The van der Waals surface area contributed by atoms with Gasteiger partial charge in [-0.05, 0) is 78.9 Å². The summed E-state index contributed by atoms with van der Waals surface area (Å²) >= 11 is 0. The Bertz CT molecular complexity index is 1080. The quantitative estimate of drug-likeness (QED) is 0.657. The van der Waals surface area contributed by atoms with E-state index in [1.165, 1.54) is 22.9 Å². The summed E-state index contributed by atoms with van der Waals surface area (Å²) in [5.74, 6) is 1.31. The molecule has 1 aromatic carbocycles. The molecule has 2 amide bonds. The SMILES string of the molecule is C=CN1CCCC1=O.C=CNC(=O)Oc1ccc2c(c1)[C@]1(C)CCN(Cc3ccoc3)[C@@H](C2)[C@H]1C. The van der Waals surface area contributed by atoms with Gasteiger partial charge in [0.25, 0.3) is 0 Å². The third-order valence-corrected chi connectivity index (χ3v) is 7.82. The lowest BCUT2D eigenvalue weighted by molar-refractivity contribution is -0.125. The van der Waals surface area contributed by atoms with Crippen molar-refractivity contribution in [1.82, 2.24) is 15.1 Å². The lowest BCUT2D eigenvalue weighted by Gasteiger charge is -2.54. The van der Waals surface area contributed by atoms with Crippen molar-refractivity contribution in [2.45, 2.75) is 57.5 Å². The van der Waals surface area contributed by atoms with E-state index >= 15 is 0 Å². The molecule has 0 saturated carbocycles. The van der Waals surface area contributed by atoms with Gasteiger partial charge in [0.15, 0.2) is 0 Å². The number of ether oxygens (including phenoxy) is 1. The van der Waals surface area contributed by atoms with Gasteiger partial charge in [-0.1, -0.05) is 33.1 Å². The number of hydrogen-bond donors (Lipinski definition) is 1. The molecule has 2 saturated heterocycles. The summed E-state index contributed by atoms with van der Waals surface area (Å²) in [5, 5.41) is 2.45. The number of nitrogens with zero attached hydrogens (tertiary/aromatic N) is 2. The number of fused-ring (bicyclic) bond motifs is 4. The number of hydrogen-bond acceptors (Lipinski definition) is 5. The van der Waals surface area contributed by atoms with Gasteiger partial charge in [0.2, 0.25) is 5.91 Å². The van der Waals surface area contributed by atoms with Crippen LogP contribution in [-0.4, -0.2) is 40.9 Å². The molecule has 2 bridgehead atoms. The van der Waals surface area contributed by atoms with E-state index < -0.39 is 6.09 Å². The molecule has 1 N–H and O–H groups in total. The van der Waals surface area contributed by atoms with Crippen LogP contribution in [0.15, 0.2) is 66.8 Å². The number of likely N-dealkylation sites (tertiary alicyclic amines) is 2. The first-order chi connectivity index (χ1) is 16.9. The average molecular weight is 478 g/mol. The molecular formula is C28H35N3O4. The van der Waals surface area contributed by atoms with Gasteiger partial charge in [0.1, 0.15) is 5.75 Å². The highest BCUT2D eigenvalue weighted by Crippen LogP contribution is 2.49. The lowest BCUT2D eigenvalue weighted by atomic mass is 9.59. The second-order valence-electron chi connectivity index (χ2n) is 9.76. The molecule has 7 nitrogen and oxygen atoms in total. The molecule has 0 radical (unpaired) electrons. The van der Waals surface area contributed by atoms with Crippen molar-refractivity contribution < 1.29 is 18.7 Å². The minimum Gasteiger partial charge on any atom is -0.472 e. The molecule has 3 aliphatic rings. The highest BCUT2D eigenvalue weighted by Gasteiger charge is 2.48. The van der Waals surface area contributed by atoms with Crippen LogP contribution >= 0.6 is 0 Å². The average Bonchev–Trinajstić information content (AvgIpc) is 3.50. The molecule has 1 aliphatic carbocycles. The van der Waals surface area contributed by atoms with Crippen LogP contribution in [0.25, 0.3) is 0 Å². The van der Waals surface area contributed by atoms with Crippen LogP contribution in [0, 0.1) is 5.92 Å². The molecule has 0 spiro atoms. The fourth-order valence-electron chi connectivity index (χ4n) is 5.65. The van der Waals surface area contributed by atoms with Gasteiger partial charge in [0, 0.05) is 31.1 Å². The van der Waals surface area contributed by atoms with Crippen LogP contribution in [0.3, 0.4) is 0 Å². The summed E-state index contributed by atoms with van der Waals surface area (Å²) in [7, 11) is 0. The van der Waals surface area contributed by atoms with Crippen LogP contribution in [0.5, 0.6) is 5.75 Å². The van der Waals surface area contributed by atoms with Crippen LogP contribution in [0.4, 0.5) is 4.79 Å². The number of amides is 2. The van der Waals surface area contributed by atoms with Gasteiger partial charge in [-0.2, -0.15) is 0 Å². The monoisotopic (exact) mass is 477 g/mol. The molecule has 7 heteroatoms. The third kappa shape index (κ3) is 5.20. The van der Waals surface area contributed by atoms with E-state index in [2.05, 4.69) is 49.4 Å². The molecule has 35 heavy (non-hydrogen) atoms. The maximum Gasteiger partial charge on any atom is 0.416 e. The first-order valence-electron chi connectivity index (χ1n) is 12.3. The van der Waals surface area contributed by atoms with Crippen molar-refractivity contribution in [2.75, 3.05) is 13.1 Å². The zero-order valence-corrected chi connectivity index (χ0v) is 20.7. The predicted molar refractivity (Wildman–Crippen MR) is 135 cm³/mol. The molecule has 2 aromatic rings. The van der Waals surface area contributed by atoms with Crippen LogP contribution in [-0.2, 0) is 23.2 Å². The van der Waals surface area contributed by atoms with Gasteiger partial charge < -0.3 is 14.1 Å². The van der Waals surface area contributed by atoms with Gasteiger partial charge in [-0.3, -0.25) is 15.0 Å². The Hall–Kier alpha value is -3.32. The van der Waals surface area contributed by atoms with Gasteiger partial charge in [-0.25, -0.2) is 4.79 Å². The molecule has 2 fully saturated rings. The van der Waals surface area contributed by atoms with Crippen molar-refractivity contribution in [2.24, 2.45) is 5.92 Å². The van der Waals surface area contributed by atoms with E-state index in [0.717, 1.165) is 38.9 Å². The van der Waals surface area contributed by atoms with E-state index in [1.807, 2.05) is 18.4 Å². The molecule has 0 unspecified atom stereocenters. The number of carbonyl (C=O) groups is 2. The van der Waals surface area contributed by atoms with Crippen LogP contribution in [0.2, 0.25) is 0 Å². The Kier molecular flexibility index (Phi) is 7.45. The molecule has 3 heterocycles. The maximum absolute atomic E-state index is 11.7. The Morgan fingerprint density at radius 1 is 1.31 bits per heavy atom. The third-order valence-electron chi connectivity index (χ3n) is 7.82. The molecule has 5 rings (SSSR count). The van der Waals surface area contributed by atoms with Gasteiger partial charge in [0.05, 0.1) is 12.5 Å². The summed E-state index contributed by atoms with van der Waals surface area (Å²) in [5.41, 5.74) is 3.99. The zero-order valence-electron chi connectivity index (χ0n) is 20.7. The predicted octanol–water partition coefficient (Wildman–Crippen LogP) is 4.99. The molecule has 2 aliphatic heterocycles. The second kappa shape index (κ2) is 10.5. The highest BCUT2D eigenvalue weighted by atomic mass is 16.5. The van der Waals surface area contributed by atoms with Crippen LogP contribution < -0.4 is 10.1 Å². The van der Waals surface area contributed by atoms with E-state index in [-0.39, 0.29) is 11.3 Å². The van der Waals surface area contributed by atoms with Crippen molar-refractivity contribution in [3.8, 4) is 5.75 Å². The normalized spacial score (nSPS) is 25.2. The van der Waals surface area contributed by atoms with Crippen molar-refractivity contribution in [1.29, 1.82) is 0 Å². The topological polar surface area (TPSA) is 75.0 Å². The zero-order chi connectivity index (χ0) is 25.0. The minimum absolute atomic E-state index is 0.0828. The van der Waals surface area contributed by atoms with E-state index in [0.29, 0.717) is 24.1 Å². The van der Waals surface area contributed by atoms with E-state index in [1.54, 1.807) is 17.4 Å². The van der Waals surface area contributed by atoms with E-state index in [4.69, 9.17) is 9.15 Å². The largest absolute Gasteiger partial charge is 0.472 e. The van der Waals surface area contributed by atoms with Gasteiger partial charge in [-0.15, -0.1) is 0 Å². The standard InChI is InChI=1S/C22H26N2O3.C6H9NO/c1-4-23-21(25)27-18-6-5-17-11-20-15(2)22(3,19(17)12-18)8-9-24(20)13-16-7-10-26-14-16;1-2-7-5-3-4-6(7)8/h4-7,10,12,14-15,20H,1,8-9,11,13H2,2-3H3,(H,23,25);2H,1,3-5H2/t15-,20+,22-;/m1./s1. The molecular weight excluding hydrogens is 442 g/mol. The van der Waals surface area contributed by atoms with Crippen molar-refractivity contribution in [3.63, 3.8) is 0 Å². The maximum atomic E-state index is 11.7. The lowest BCUT2D eigenvalue weighted by Crippen LogP contribution is -2.57. The van der Waals surface area contributed by atoms with E-state index in [9.17, 15) is 9.59 Å². The Labute approximate surface area is 207 Å². The Morgan fingerprint density at radius 3 is 2.77 bits per heavy atom. The molecule has 186 valence electrons. The Morgan fingerprint density at radius 2 is 2.14 bits per heavy atom. The number of piperidine rings is 1. The fourth-order valence-corrected chi connectivity index (χ4v) is 5.65. The summed E-state index contributed by atoms with van der Waals surface area (Å²) in [6.45, 7) is 14.5. The van der Waals surface area contributed by atoms with Gasteiger partial charge >= 0.3 is 6.09 Å². The highest BCUT2D eigenvalue weighted by molar-refractivity contribution is 5.78. The molecule has 3 atom stereocenters. The summed E-state index contributed by atoms with van der Waals surface area (Å²) < 4.78 is 10.6. The Balaban J connectivity index is 0.000000308. The number of furan rings is 1. The smallest absolute Gasteiger partial charge is 0.416 e. The minimum atomic E-state index is -0.508. The first kappa shape index (κ1) is 24.8. The first-order valence-corrected chi connectivity index (χ1v) is 12.3. The number of benzene rings is 1. The van der Waals surface area contributed by atoms with Crippen molar-refractivity contribution in [3.05, 3.63) is 79.0 Å². The summed E-state index contributed by atoms with van der Waals surface area (Å²) in [4.78, 5) is 26.6. The number of rotatable bonds is 5. The fraction of sp³-hybridized carbons (Fsp3) is 0.429. The number of nitrogens with one attached hydrogen (secondary N) is 1. The summed E-state index contributed by atoms with van der Waals surface area (Å²) in [6, 6.07) is 8.60.